The Morgan fingerprint density at radius 1 is 1.06 bits per heavy atom. The van der Waals surface area contributed by atoms with Gasteiger partial charge in [0.25, 0.3) is 5.91 Å². The molecule has 1 N–H and O–H groups in total. The summed E-state index contributed by atoms with van der Waals surface area (Å²) in [6.07, 6.45) is 1.73. The zero-order valence-corrected chi connectivity index (χ0v) is 19.7. The van der Waals surface area contributed by atoms with Crippen LogP contribution in [0.1, 0.15) is 16.4 Å². The van der Waals surface area contributed by atoms with E-state index in [-0.39, 0.29) is 5.91 Å². The van der Waals surface area contributed by atoms with E-state index in [9.17, 15) is 4.79 Å². The van der Waals surface area contributed by atoms with Crippen molar-refractivity contribution in [2.24, 2.45) is 0 Å². The number of H-pyrrole nitrogens is 1. The van der Waals surface area contributed by atoms with Crippen molar-refractivity contribution in [3.63, 3.8) is 0 Å². The highest BCUT2D eigenvalue weighted by atomic mass is 16.5. The molecule has 0 saturated carbocycles. The van der Waals surface area contributed by atoms with Crippen molar-refractivity contribution in [1.29, 1.82) is 0 Å². The van der Waals surface area contributed by atoms with E-state index in [1.54, 1.807) is 33.4 Å². The minimum atomic E-state index is -0.0963. The topological polar surface area (TPSA) is 123 Å². The number of hydrogen-bond donors (Lipinski definition) is 1. The molecule has 1 aliphatic heterocycles. The summed E-state index contributed by atoms with van der Waals surface area (Å²) in [6.45, 7) is 4.24. The molecule has 0 bridgehead atoms. The Kier molecular flexibility index (Phi) is 6.04. The molecule has 0 unspecified atom stereocenters. The van der Waals surface area contributed by atoms with Crippen molar-refractivity contribution < 1.29 is 18.8 Å². The normalized spacial score (nSPS) is 13.7. The fourth-order valence-corrected chi connectivity index (χ4v) is 4.01. The number of aromatic nitrogens is 5. The quantitative estimate of drug-likeness (QED) is 0.448. The molecule has 0 radical (unpaired) electrons. The molecule has 4 heterocycles. The van der Waals surface area contributed by atoms with Gasteiger partial charge in [-0.2, -0.15) is 10.1 Å². The molecule has 5 rings (SSSR count). The number of pyridine rings is 1. The van der Waals surface area contributed by atoms with Gasteiger partial charge in [-0.15, -0.1) is 0 Å². The maximum atomic E-state index is 13.1. The van der Waals surface area contributed by atoms with Gasteiger partial charge in [0, 0.05) is 50.4 Å². The molecule has 0 spiro atoms. The number of hydrogen-bond acceptors (Lipinski definition) is 9. The van der Waals surface area contributed by atoms with Crippen LogP contribution in [0.4, 0.5) is 5.82 Å². The van der Waals surface area contributed by atoms with Crippen LogP contribution in [0.3, 0.4) is 0 Å². The number of benzene rings is 1. The second-order valence-corrected chi connectivity index (χ2v) is 8.05. The summed E-state index contributed by atoms with van der Waals surface area (Å²) in [5.74, 6) is 3.11. The maximum absolute atomic E-state index is 13.1. The molecule has 180 valence electrons. The first-order valence-electron chi connectivity index (χ1n) is 11.1. The highest BCUT2D eigenvalue weighted by molar-refractivity contribution is 5.93. The van der Waals surface area contributed by atoms with Crippen LogP contribution in [0.15, 0.2) is 47.1 Å². The summed E-state index contributed by atoms with van der Waals surface area (Å²) in [5.41, 5.74) is 2.58. The third-order valence-electron chi connectivity index (χ3n) is 5.92. The van der Waals surface area contributed by atoms with E-state index in [1.807, 2.05) is 35.2 Å². The zero-order chi connectivity index (χ0) is 24.4. The molecular formula is C24H25N7O4. The van der Waals surface area contributed by atoms with Crippen LogP contribution in [-0.4, -0.2) is 76.5 Å². The highest BCUT2D eigenvalue weighted by Crippen LogP contribution is 2.32. The first kappa shape index (κ1) is 22.4. The second kappa shape index (κ2) is 9.45. The molecule has 4 aromatic rings. The van der Waals surface area contributed by atoms with Crippen molar-refractivity contribution >= 4 is 11.7 Å². The lowest BCUT2D eigenvalue weighted by atomic mass is 10.1. The van der Waals surface area contributed by atoms with Crippen molar-refractivity contribution in [3.05, 3.63) is 54.2 Å². The molecule has 3 aromatic heterocycles. The molecule has 11 heteroatoms. The number of methoxy groups -OCH3 is 2. The van der Waals surface area contributed by atoms with Crippen molar-refractivity contribution in [2.75, 3.05) is 45.3 Å². The number of carbonyl (C=O) groups is 1. The molecule has 1 fully saturated rings. The van der Waals surface area contributed by atoms with Crippen molar-refractivity contribution in [2.45, 2.75) is 6.92 Å². The molecule has 1 aliphatic rings. The number of rotatable bonds is 6. The summed E-state index contributed by atoms with van der Waals surface area (Å²) in [7, 11) is 3.20. The van der Waals surface area contributed by atoms with Gasteiger partial charge in [-0.1, -0.05) is 5.16 Å². The monoisotopic (exact) mass is 475 g/mol. The number of nitrogens with zero attached hydrogens (tertiary/aromatic N) is 6. The smallest absolute Gasteiger partial charge is 0.272 e. The van der Waals surface area contributed by atoms with Gasteiger partial charge in [-0.3, -0.25) is 9.89 Å². The average Bonchev–Trinajstić information content (AvgIpc) is 3.58. The van der Waals surface area contributed by atoms with Gasteiger partial charge in [-0.05, 0) is 36.4 Å². The Bertz CT molecular complexity index is 1320. The highest BCUT2D eigenvalue weighted by Gasteiger charge is 2.25. The summed E-state index contributed by atoms with van der Waals surface area (Å²) in [5, 5.41) is 11.1. The van der Waals surface area contributed by atoms with E-state index in [2.05, 4.69) is 30.2 Å². The largest absolute Gasteiger partial charge is 0.497 e. The fraction of sp³-hybridized carbons (Fsp3) is 0.292. The Balaban J connectivity index is 1.24. The Hall–Kier alpha value is -4.41. The first-order chi connectivity index (χ1) is 17.1. The van der Waals surface area contributed by atoms with Crippen LogP contribution in [0.25, 0.3) is 22.6 Å². The van der Waals surface area contributed by atoms with E-state index in [4.69, 9.17) is 14.0 Å². The van der Waals surface area contributed by atoms with Crippen molar-refractivity contribution in [1.82, 2.24) is 30.2 Å². The zero-order valence-electron chi connectivity index (χ0n) is 19.7. The van der Waals surface area contributed by atoms with Gasteiger partial charge in [0.05, 0.1) is 19.9 Å². The predicted octanol–water partition coefficient (Wildman–Crippen LogP) is 2.81. The Morgan fingerprint density at radius 3 is 2.54 bits per heavy atom. The van der Waals surface area contributed by atoms with E-state index in [1.165, 1.54) is 0 Å². The molecular weight excluding hydrogens is 450 g/mol. The summed E-state index contributed by atoms with van der Waals surface area (Å²) >= 11 is 0. The lowest BCUT2D eigenvalue weighted by Gasteiger charge is -2.35. The lowest BCUT2D eigenvalue weighted by Crippen LogP contribution is -2.49. The standard InChI is InChI=1S/C24H25N7O4/c1-15-26-23(29-35-15)16-4-7-22(25-14-16)30-8-10-31(11-9-30)24(32)20-13-19(27-28-20)18-12-17(33-2)5-6-21(18)34-3/h4-7,12-14H,8-11H2,1-3H3,(H,27,28). The number of amides is 1. The van der Waals surface area contributed by atoms with Gasteiger partial charge in [0.1, 0.15) is 23.0 Å². The number of piperazine rings is 1. The van der Waals surface area contributed by atoms with Crippen LogP contribution in [0.2, 0.25) is 0 Å². The van der Waals surface area contributed by atoms with Crippen molar-refractivity contribution in [3.8, 4) is 34.1 Å². The van der Waals surface area contributed by atoms with Crippen LogP contribution in [-0.2, 0) is 0 Å². The third kappa shape index (κ3) is 4.52. The number of aryl methyl sites for hydroxylation is 1. The maximum Gasteiger partial charge on any atom is 0.272 e. The third-order valence-corrected chi connectivity index (χ3v) is 5.92. The summed E-state index contributed by atoms with van der Waals surface area (Å²) < 4.78 is 15.8. The predicted molar refractivity (Wildman–Crippen MR) is 128 cm³/mol. The van der Waals surface area contributed by atoms with Gasteiger partial charge in [-0.25, -0.2) is 4.98 Å². The molecule has 1 aromatic carbocycles. The van der Waals surface area contributed by atoms with Gasteiger partial charge >= 0.3 is 0 Å². The molecule has 11 nitrogen and oxygen atoms in total. The minimum Gasteiger partial charge on any atom is -0.497 e. The van der Waals surface area contributed by atoms with Crippen LogP contribution in [0, 0.1) is 6.92 Å². The van der Waals surface area contributed by atoms with E-state index in [0.717, 1.165) is 16.9 Å². The number of nitrogens with one attached hydrogen (secondary N) is 1. The van der Waals surface area contributed by atoms with Crippen LogP contribution < -0.4 is 14.4 Å². The fourth-order valence-electron chi connectivity index (χ4n) is 4.01. The van der Waals surface area contributed by atoms with E-state index >= 15 is 0 Å². The molecule has 35 heavy (non-hydrogen) atoms. The number of carbonyl (C=O) groups excluding carboxylic acids is 1. The minimum absolute atomic E-state index is 0.0963. The van der Waals surface area contributed by atoms with Gasteiger partial charge in [0.15, 0.2) is 0 Å². The molecule has 1 amide bonds. The number of ether oxygens (including phenoxy) is 2. The second-order valence-electron chi connectivity index (χ2n) is 8.05. The molecule has 0 atom stereocenters. The van der Waals surface area contributed by atoms with Crippen LogP contribution in [0.5, 0.6) is 11.5 Å². The average molecular weight is 476 g/mol. The van der Waals surface area contributed by atoms with Gasteiger partial charge in [0.2, 0.25) is 11.7 Å². The lowest BCUT2D eigenvalue weighted by molar-refractivity contribution is 0.0740. The SMILES string of the molecule is COc1ccc(OC)c(-c2cc(C(=O)N3CCN(c4ccc(-c5noc(C)n5)cn4)CC3)[nH]n2)c1. The summed E-state index contributed by atoms with van der Waals surface area (Å²) in [6, 6.07) is 11.1. The Morgan fingerprint density at radius 2 is 1.89 bits per heavy atom. The molecule has 1 saturated heterocycles. The first-order valence-corrected chi connectivity index (χ1v) is 11.1. The summed E-state index contributed by atoms with van der Waals surface area (Å²) in [4.78, 5) is 25.8. The molecule has 0 aliphatic carbocycles. The van der Waals surface area contributed by atoms with Crippen LogP contribution >= 0.6 is 0 Å². The van der Waals surface area contributed by atoms with E-state index < -0.39 is 0 Å². The number of anilines is 1. The number of aromatic amines is 1. The van der Waals surface area contributed by atoms with E-state index in [0.29, 0.717) is 60.8 Å². The van der Waals surface area contributed by atoms with Gasteiger partial charge < -0.3 is 23.8 Å². The Labute approximate surface area is 201 Å².